The number of hydrogen-bond donors (Lipinski definition) is 1. The van der Waals surface area contributed by atoms with Crippen LogP contribution in [0.15, 0.2) is 48.5 Å². The summed E-state index contributed by atoms with van der Waals surface area (Å²) in [5.41, 5.74) is -0.527. The Morgan fingerprint density at radius 2 is 1.59 bits per heavy atom. The number of nitrogens with one attached hydrogen (secondary N) is 1. The number of carbonyl (C=O) groups excluding carboxylic acids is 2. The van der Waals surface area contributed by atoms with Crippen LogP contribution in [0.4, 0.5) is 18.9 Å². The van der Waals surface area contributed by atoms with Gasteiger partial charge in [-0.15, -0.1) is 0 Å². The summed E-state index contributed by atoms with van der Waals surface area (Å²) in [5.74, 6) is -1.26. The second kappa shape index (κ2) is 8.73. The van der Waals surface area contributed by atoms with Crippen molar-refractivity contribution in [1.82, 2.24) is 10.2 Å². The lowest BCUT2D eigenvalue weighted by atomic mass is 10.1. The van der Waals surface area contributed by atoms with E-state index < -0.39 is 23.2 Å². The minimum atomic E-state index is -4.64. The maximum absolute atomic E-state index is 13.0. The Morgan fingerprint density at radius 3 is 2.21 bits per heavy atom. The van der Waals surface area contributed by atoms with E-state index in [4.69, 9.17) is 11.6 Å². The largest absolute Gasteiger partial charge is 0.417 e. The van der Waals surface area contributed by atoms with Crippen LogP contribution in [0, 0.1) is 0 Å². The Morgan fingerprint density at radius 1 is 0.966 bits per heavy atom. The summed E-state index contributed by atoms with van der Waals surface area (Å²) in [7, 11) is 0. The molecule has 1 aliphatic rings. The van der Waals surface area contributed by atoms with E-state index in [-0.39, 0.29) is 12.5 Å². The predicted octanol–water partition coefficient (Wildman–Crippen LogP) is 3.44. The monoisotopic (exact) mass is 425 g/mol. The van der Waals surface area contributed by atoms with Gasteiger partial charge in [-0.25, -0.2) is 0 Å². The number of benzene rings is 2. The molecule has 5 nitrogen and oxygen atoms in total. The highest BCUT2D eigenvalue weighted by Crippen LogP contribution is 2.31. The maximum atomic E-state index is 13.0. The molecule has 0 unspecified atom stereocenters. The van der Waals surface area contributed by atoms with Crippen molar-refractivity contribution in [2.45, 2.75) is 6.18 Å². The molecule has 29 heavy (non-hydrogen) atoms. The second-order valence-electron chi connectivity index (χ2n) is 6.57. The lowest BCUT2D eigenvalue weighted by molar-refractivity contribution is -0.137. The van der Waals surface area contributed by atoms with Gasteiger partial charge in [0.25, 0.3) is 5.91 Å². The molecule has 1 fully saturated rings. The van der Waals surface area contributed by atoms with Gasteiger partial charge in [-0.1, -0.05) is 23.7 Å². The maximum Gasteiger partial charge on any atom is 0.417 e. The Bertz CT molecular complexity index is 879. The first-order valence-electron chi connectivity index (χ1n) is 8.98. The number of piperazine rings is 1. The number of carbonyl (C=O) groups is 2. The molecule has 0 radical (unpaired) electrons. The molecule has 2 amide bonds. The number of nitrogens with zero attached hydrogens (tertiary/aromatic N) is 2. The first-order valence-corrected chi connectivity index (χ1v) is 9.36. The van der Waals surface area contributed by atoms with Crippen molar-refractivity contribution in [2.75, 3.05) is 37.6 Å². The number of rotatable bonds is 4. The van der Waals surface area contributed by atoms with Crippen LogP contribution in [0.1, 0.15) is 15.9 Å². The molecule has 0 saturated carbocycles. The third-order valence-electron chi connectivity index (χ3n) is 4.70. The van der Waals surface area contributed by atoms with Crippen molar-refractivity contribution in [3.63, 3.8) is 0 Å². The number of alkyl halides is 3. The topological polar surface area (TPSA) is 52.7 Å². The van der Waals surface area contributed by atoms with Gasteiger partial charge < -0.3 is 15.1 Å². The highest BCUT2D eigenvalue weighted by atomic mass is 35.5. The standard InChI is InChI=1S/C20H19ClF3N3O2/c21-14-5-7-15(8-6-14)26-9-11-27(12-10-26)18(28)13-25-19(29)16-3-1-2-4-17(16)20(22,23)24/h1-8H,9-13H2,(H,25,29). The Labute approximate surface area is 171 Å². The average Bonchev–Trinajstić information content (AvgIpc) is 2.72. The summed E-state index contributed by atoms with van der Waals surface area (Å²) in [6.07, 6.45) is -4.64. The van der Waals surface area contributed by atoms with E-state index in [1.807, 2.05) is 12.1 Å². The third-order valence-corrected chi connectivity index (χ3v) is 4.95. The molecular weight excluding hydrogens is 407 g/mol. The van der Waals surface area contributed by atoms with Gasteiger partial charge in [-0.3, -0.25) is 9.59 Å². The fraction of sp³-hybridized carbons (Fsp3) is 0.300. The van der Waals surface area contributed by atoms with Crippen LogP contribution in [-0.2, 0) is 11.0 Å². The van der Waals surface area contributed by atoms with E-state index in [9.17, 15) is 22.8 Å². The molecule has 1 heterocycles. The van der Waals surface area contributed by atoms with Gasteiger partial charge >= 0.3 is 6.18 Å². The number of amides is 2. The van der Waals surface area contributed by atoms with Crippen LogP contribution in [0.5, 0.6) is 0 Å². The van der Waals surface area contributed by atoms with Gasteiger partial charge in [0.05, 0.1) is 17.7 Å². The normalized spacial score (nSPS) is 14.6. The molecule has 2 aromatic rings. The summed E-state index contributed by atoms with van der Waals surface area (Å²) in [5, 5.41) is 2.94. The lowest BCUT2D eigenvalue weighted by Gasteiger charge is -2.36. The Hall–Kier alpha value is -2.74. The SMILES string of the molecule is O=C(NCC(=O)N1CCN(c2ccc(Cl)cc2)CC1)c1ccccc1C(F)(F)F. The van der Waals surface area contributed by atoms with Crippen LogP contribution in [0.2, 0.25) is 5.02 Å². The Balaban J connectivity index is 1.53. The molecule has 154 valence electrons. The molecule has 0 aromatic heterocycles. The zero-order valence-corrected chi connectivity index (χ0v) is 16.1. The lowest BCUT2D eigenvalue weighted by Crippen LogP contribution is -2.51. The minimum Gasteiger partial charge on any atom is -0.368 e. The van der Waals surface area contributed by atoms with Crippen molar-refractivity contribution >= 4 is 29.1 Å². The predicted molar refractivity (Wildman–Crippen MR) is 104 cm³/mol. The average molecular weight is 426 g/mol. The molecular formula is C20H19ClF3N3O2. The molecule has 0 spiro atoms. The number of halogens is 4. The number of hydrogen-bond acceptors (Lipinski definition) is 3. The van der Waals surface area contributed by atoms with Gasteiger partial charge in [0, 0.05) is 36.9 Å². The van der Waals surface area contributed by atoms with Gasteiger partial charge in [-0.2, -0.15) is 13.2 Å². The van der Waals surface area contributed by atoms with Crippen molar-refractivity contribution in [2.24, 2.45) is 0 Å². The molecule has 2 aromatic carbocycles. The van der Waals surface area contributed by atoms with Gasteiger partial charge in [-0.05, 0) is 36.4 Å². The van der Waals surface area contributed by atoms with E-state index >= 15 is 0 Å². The van der Waals surface area contributed by atoms with E-state index in [1.165, 1.54) is 12.1 Å². The van der Waals surface area contributed by atoms with Crippen molar-refractivity contribution < 1.29 is 22.8 Å². The zero-order valence-electron chi connectivity index (χ0n) is 15.4. The smallest absolute Gasteiger partial charge is 0.368 e. The van der Waals surface area contributed by atoms with Gasteiger partial charge in [0.1, 0.15) is 0 Å². The fourth-order valence-corrected chi connectivity index (χ4v) is 3.28. The molecule has 1 aliphatic heterocycles. The number of anilines is 1. The fourth-order valence-electron chi connectivity index (χ4n) is 3.16. The minimum absolute atomic E-state index is 0.335. The molecule has 3 rings (SSSR count). The zero-order chi connectivity index (χ0) is 21.0. The first kappa shape index (κ1) is 21.0. The molecule has 0 aliphatic carbocycles. The molecule has 1 saturated heterocycles. The molecule has 0 bridgehead atoms. The highest BCUT2D eigenvalue weighted by Gasteiger charge is 2.35. The van der Waals surface area contributed by atoms with E-state index in [1.54, 1.807) is 17.0 Å². The highest BCUT2D eigenvalue weighted by molar-refractivity contribution is 6.30. The molecule has 1 N–H and O–H groups in total. The summed E-state index contributed by atoms with van der Waals surface area (Å²) >= 11 is 5.89. The van der Waals surface area contributed by atoms with Crippen LogP contribution >= 0.6 is 11.6 Å². The van der Waals surface area contributed by atoms with E-state index in [0.717, 1.165) is 17.8 Å². The van der Waals surface area contributed by atoms with Crippen LogP contribution in [0.3, 0.4) is 0 Å². The molecule has 0 atom stereocenters. The van der Waals surface area contributed by atoms with Crippen LogP contribution < -0.4 is 10.2 Å². The third kappa shape index (κ3) is 5.20. The summed E-state index contributed by atoms with van der Waals surface area (Å²) in [4.78, 5) is 28.2. The first-order chi connectivity index (χ1) is 13.8. The van der Waals surface area contributed by atoms with E-state index in [2.05, 4.69) is 10.2 Å². The molecule has 9 heteroatoms. The quantitative estimate of drug-likeness (QED) is 0.816. The van der Waals surface area contributed by atoms with Crippen molar-refractivity contribution in [1.29, 1.82) is 0 Å². The van der Waals surface area contributed by atoms with Crippen LogP contribution in [-0.4, -0.2) is 49.4 Å². The second-order valence-corrected chi connectivity index (χ2v) is 7.01. The van der Waals surface area contributed by atoms with Crippen LogP contribution in [0.25, 0.3) is 0 Å². The van der Waals surface area contributed by atoms with E-state index in [0.29, 0.717) is 31.2 Å². The summed E-state index contributed by atoms with van der Waals surface area (Å²) < 4.78 is 39.1. The van der Waals surface area contributed by atoms with Gasteiger partial charge in [0.2, 0.25) is 5.91 Å². The summed E-state index contributed by atoms with van der Waals surface area (Å²) in [6.45, 7) is 1.77. The van der Waals surface area contributed by atoms with Crippen molar-refractivity contribution in [3.8, 4) is 0 Å². The summed E-state index contributed by atoms with van der Waals surface area (Å²) in [6, 6.07) is 11.9. The Kier molecular flexibility index (Phi) is 6.32. The van der Waals surface area contributed by atoms with Gasteiger partial charge in [0.15, 0.2) is 0 Å². The van der Waals surface area contributed by atoms with Crippen molar-refractivity contribution in [3.05, 3.63) is 64.7 Å².